The highest BCUT2D eigenvalue weighted by molar-refractivity contribution is 5.94. The molecule has 7 nitrogen and oxygen atoms in total. The molecule has 0 aliphatic carbocycles. The smallest absolute Gasteiger partial charge is 0.254 e. The number of nitrogens with one attached hydrogen (secondary N) is 1. The Morgan fingerprint density at radius 1 is 1.15 bits per heavy atom. The number of hydrogen-bond donors (Lipinski definition) is 1. The Bertz CT molecular complexity index is 832. The van der Waals surface area contributed by atoms with Gasteiger partial charge in [0.05, 0.1) is 0 Å². The quantitative estimate of drug-likeness (QED) is 0.862. The van der Waals surface area contributed by atoms with Crippen molar-refractivity contribution < 1.29 is 22.9 Å². The Labute approximate surface area is 154 Å². The van der Waals surface area contributed by atoms with Crippen LogP contribution in [0.25, 0.3) is 0 Å². The van der Waals surface area contributed by atoms with E-state index in [0.717, 1.165) is 12.1 Å². The summed E-state index contributed by atoms with van der Waals surface area (Å²) in [5, 5.41) is 6.36. The molecule has 1 aromatic heterocycles. The monoisotopic (exact) mass is 378 g/mol. The van der Waals surface area contributed by atoms with E-state index >= 15 is 0 Å². The van der Waals surface area contributed by atoms with Gasteiger partial charge in [0.15, 0.2) is 17.5 Å². The predicted octanol–water partition coefficient (Wildman–Crippen LogP) is 2.05. The molecular formula is C18H20F2N4O3. The van der Waals surface area contributed by atoms with Crippen LogP contribution in [0.2, 0.25) is 0 Å². The first-order valence-electron chi connectivity index (χ1n) is 8.62. The molecule has 144 valence electrons. The van der Waals surface area contributed by atoms with Gasteiger partial charge in [-0.2, -0.15) is 0 Å². The number of carbonyl (C=O) groups is 2. The summed E-state index contributed by atoms with van der Waals surface area (Å²) in [6.45, 7) is 4.42. The van der Waals surface area contributed by atoms with Gasteiger partial charge < -0.3 is 14.7 Å². The van der Waals surface area contributed by atoms with Crippen molar-refractivity contribution in [2.45, 2.75) is 13.3 Å². The summed E-state index contributed by atoms with van der Waals surface area (Å²) in [6, 6.07) is 4.79. The van der Waals surface area contributed by atoms with Crippen molar-refractivity contribution in [3.8, 4) is 0 Å². The summed E-state index contributed by atoms with van der Waals surface area (Å²) >= 11 is 0. The van der Waals surface area contributed by atoms with Crippen molar-refractivity contribution in [1.82, 2.24) is 15.0 Å². The molecule has 9 heteroatoms. The van der Waals surface area contributed by atoms with Crippen LogP contribution in [-0.4, -0.2) is 59.5 Å². The second-order valence-corrected chi connectivity index (χ2v) is 6.38. The van der Waals surface area contributed by atoms with Crippen molar-refractivity contribution in [3.05, 3.63) is 47.2 Å². The minimum Gasteiger partial charge on any atom is -0.360 e. The molecule has 2 amide bonds. The minimum atomic E-state index is -1.03. The lowest BCUT2D eigenvalue weighted by molar-refractivity contribution is -0.116. The molecule has 0 atom stereocenters. The fourth-order valence-corrected chi connectivity index (χ4v) is 2.88. The number of hydrogen-bond acceptors (Lipinski definition) is 5. The standard InChI is InChI=1S/C18H20F2N4O3/c1-12-10-16(22-27-12)21-17(25)4-5-23-6-8-24(9-7-23)18(26)13-2-3-14(19)15(20)11-13/h2-3,10-11H,4-9H2,1H3,(H,21,22,25). The van der Waals surface area contributed by atoms with Crippen molar-refractivity contribution in [1.29, 1.82) is 0 Å². The Morgan fingerprint density at radius 3 is 2.52 bits per heavy atom. The summed E-state index contributed by atoms with van der Waals surface area (Å²) in [4.78, 5) is 28.0. The van der Waals surface area contributed by atoms with E-state index in [-0.39, 0.29) is 17.4 Å². The van der Waals surface area contributed by atoms with Crippen LogP contribution in [0.1, 0.15) is 22.5 Å². The number of aromatic nitrogens is 1. The van der Waals surface area contributed by atoms with Gasteiger partial charge >= 0.3 is 0 Å². The third kappa shape index (κ3) is 4.88. The highest BCUT2D eigenvalue weighted by Crippen LogP contribution is 2.13. The summed E-state index contributed by atoms with van der Waals surface area (Å²) in [5.41, 5.74) is 0.129. The molecule has 0 unspecified atom stereocenters. The molecule has 1 N–H and O–H groups in total. The molecule has 1 saturated heterocycles. The van der Waals surface area contributed by atoms with Crippen molar-refractivity contribution >= 4 is 17.6 Å². The number of halogens is 2. The first-order chi connectivity index (χ1) is 12.9. The van der Waals surface area contributed by atoms with E-state index in [1.54, 1.807) is 17.9 Å². The first-order valence-corrected chi connectivity index (χ1v) is 8.62. The fourth-order valence-electron chi connectivity index (χ4n) is 2.88. The normalized spacial score (nSPS) is 15.0. The number of carbonyl (C=O) groups excluding carboxylic acids is 2. The van der Waals surface area contributed by atoms with Crippen molar-refractivity contribution in [2.75, 3.05) is 38.0 Å². The Morgan fingerprint density at radius 2 is 1.89 bits per heavy atom. The molecule has 1 fully saturated rings. The van der Waals surface area contributed by atoms with Gasteiger partial charge in [-0.25, -0.2) is 8.78 Å². The molecule has 2 heterocycles. The summed E-state index contributed by atoms with van der Waals surface area (Å²) in [5.74, 6) is -1.49. The number of piperazine rings is 1. The third-order valence-electron chi connectivity index (χ3n) is 4.38. The van der Waals surface area contributed by atoms with E-state index in [2.05, 4.69) is 15.4 Å². The Kier molecular flexibility index (Phi) is 5.80. The van der Waals surface area contributed by atoms with Crippen LogP contribution in [0.3, 0.4) is 0 Å². The van der Waals surface area contributed by atoms with Crippen LogP contribution in [0.4, 0.5) is 14.6 Å². The molecule has 0 radical (unpaired) electrons. The Balaban J connectivity index is 1.43. The van der Waals surface area contributed by atoms with Gasteiger partial charge in [-0.1, -0.05) is 5.16 Å². The zero-order chi connectivity index (χ0) is 19.4. The molecule has 1 aromatic carbocycles. The molecule has 3 rings (SSSR count). The maximum absolute atomic E-state index is 13.3. The average molecular weight is 378 g/mol. The maximum Gasteiger partial charge on any atom is 0.254 e. The van der Waals surface area contributed by atoms with Crippen LogP contribution >= 0.6 is 0 Å². The van der Waals surface area contributed by atoms with Crippen LogP contribution in [0.5, 0.6) is 0 Å². The van der Waals surface area contributed by atoms with E-state index in [1.807, 2.05) is 0 Å². The van der Waals surface area contributed by atoms with Crippen molar-refractivity contribution in [3.63, 3.8) is 0 Å². The van der Waals surface area contributed by atoms with Gasteiger partial charge in [0.2, 0.25) is 5.91 Å². The summed E-state index contributed by atoms with van der Waals surface area (Å²) in [7, 11) is 0. The zero-order valence-corrected chi connectivity index (χ0v) is 14.9. The summed E-state index contributed by atoms with van der Waals surface area (Å²) in [6.07, 6.45) is 0.295. The number of aryl methyl sites for hydroxylation is 1. The lowest BCUT2D eigenvalue weighted by atomic mass is 10.1. The van der Waals surface area contributed by atoms with Gasteiger partial charge in [0.25, 0.3) is 5.91 Å². The number of rotatable bonds is 5. The largest absolute Gasteiger partial charge is 0.360 e. The van der Waals surface area contributed by atoms with Crippen LogP contribution < -0.4 is 5.32 Å². The number of anilines is 1. The number of nitrogens with zero attached hydrogens (tertiary/aromatic N) is 3. The van der Waals surface area contributed by atoms with Crippen LogP contribution in [0.15, 0.2) is 28.8 Å². The molecule has 1 aliphatic rings. The van der Waals surface area contributed by atoms with Gasteiger partial charge in [-0.3, -0.25) is 14.5 Å². The van der Waals surface area contributed by atoms with E-state index < -0.39 is 11.6 Å². The second-order valence-electron chi connectivity index (χ2n) is 6.38. The molecular weight excluding hydrogens is 358 g/mol. The second kappa shape index (κ2) is 8.26. The molecule has 2 aromatic rings. The van der Waals surface area contributed by atoms with Gasteiger partial charge in [-0.05, 0) is 25.1 Å². The van der Waals surface area contributed by atoms with Crippen molar-refractivity contribution in [2.24, 2.45) is 0 Å². The fraction of sp³-hybridized carbons (Fsp3) is 0.389. The average Bonchev–Trinajstić information content (AvgIpc) is 3.07. The Hall–Kier alpha value is -2.81. The van der Waals surface area contributed by atoms with E-state index in [1.165, 1.54) is 6.07 Å². The molecule has 0 spiro atoms. The first kappa shape index (κ1) is 19.0. The van der Waals surface area contributed by atoms with Crippen LogP contribution in [0, 0.1) is 18.6 Å². The molecule has 0 bridgehead atoms. The SMILES string of the molecule is Cc1cc(NC(=O)CCN2CCN(C(=O)c3ccc(F)c(F)c3)CC2)no1. The van der Waals surface area contributed by atoms with Gasteiger partial charge in [0.1, 0.15) is 5.76 Å². The zero-order valence-electron chi connectivity index (χ0n) is 14.9. The van der Waals surface area contributed by atoms with E-state index in [9.17, 15) is 18.4 Å². The van der Waals surface area contributed by atoms with E-state index in [0.29, 0.717) is 50.7 Å². The highest BCUT2D eigenvalue weighted by Gasteiger charge is 2.23. The van der Waals surface area contributed by atoms with Gasteiger partial charge in [-0.15, -0.1) is 0 Å². The molecule has 27 heavy (non-hydrogen) atoms. The third-order valence-corrected chi connectivity index (χ3v) is 4.38. The highest BCUT2D eigenvalue weighted by atomic mass is 19.2. The number of amides is 2. The number of benzene rings is 1. The van der Waals surface area contributed by atoms with Crippen LogP contribution in [-0.2, 0) is 4.79 Å². The topological polar surface area (TPSA) is 78.7 Å². The van der Waals surface area contributed by atoms with E-state index in [4.69, 9.17) is 4.52 Å². The lowest BCUT2D eigenvalue weighted by Crippen LogP contribution is -2.49. The molecule has 0 saturated carbocycles. The molecule has 1 aliphatic heterocycles. The minimum absolute atomic E-state index is 0.129. The van der Waals surface area contributed by atoms with Gasteiger partial charge in [0, 0.05) is 50.8 Å². The predicted molar refractivity (Wildman–Crippen MR) is 93.2 cm³/mol. The summed E-state index contributed by atoms with van der Waals surface area (Å²) < 4.78 is 31.2. The lowest BCUT2D eigenvalue weighted by Gasteiger charge is -2.34. The maximum atomic E-state index is 13.3.